The average molecular weight is 442 g/mol. The summed E-state index contributed by atoms with van der Waals surface area (Å²) in [6.45, 7) is 1.86. The lowest BCUT2D eigenvalue weighted by molar-refractivity contribution is -0.119. The first-order valence-electron chi connectivity index (χ1n) is 10.3. The van der Waals surface area contributed by atoms with Crippen LogP contribution in [0, 0.1) is 6.92 Å². The number of likely N-dealkylation sites (N-methyl/N-ethyl adjacent to an activating group) is 1. The molecule has 0 fully saturated rings. The van der Waals surface area contributed by atoms with Crippen LogP contribution in [0.15, 0.2) is 60.8 Å². The van der Waals surface area contributed by atoms with Crippen LogP contribution in [0.3, 0.4) is 0 Å². The predicted molar refractivity (Wildman–Crippen MR) is 123 cm³/mol. The largest absolute Gasteiger partial charge is 0.325 e. The molecule has 0 atom stereocenters. The van der Waals surface area contributed by atoms with E-state index >= 15 is 0 Å². The quantitative estimate of drug-likeness (QED) is 0.475. The Morgan fingerprint density at radius 1 is 0.818 bits per heavy atom. The van der Waals surface area contributed by atoms with E-state index in [0.717, 1.165) is 5.56 Å². The number of amides is 2. The number of carbonyl (C=O) groups is 4. The van der Waals surface area contributed by atoms with Gasteiger partial charge in [0.15, 0.2) is 11.6 Å². The van der Waals surface area contributed by atoms with Crippen molar-refractivity contribution in [3.8, 4) is 0 Å². The second kappa shape index (κ2) is 9.13. The van der Waals surface area contributed by atoms with Crippen molar-refractivity contribution in [2.45, 2.75) is 6.92 Å². The molecule has 2 N–H and O–H groups in total. The van der Waals surface area contributed by atoms with Gasteiger partial charge in [0.1, 0.15) is 5.82 Å². The Morgan fingerprint density at radius 3 is 2.06 bits per heavy atom. The lowest BCUT2D eigenvalue weighted by Gasteiger charge is -2.19. The maximum Gasteiger partial charge on any atom is 0.239 e. The van der Waals surface area contributed by atoms with Gasteiger partial charge >= 0.3 is 0 Å². The number of aryl methyl sites for hydroxylation is 1. The summed E-state index contributed by atoms with van der Waals surface area (Å²) in [5.41, 5.74) is 2.70. The van der Waals surface area contributed by atoms with E-state index in [-0.39, 0.29) is 42.0 Å². The summed E-state index contributed by atoms with van der Waals surface area (Å²) in [7, 11) is 1.65. The fraction of sp³-hybridized carbons (Fsp3) is 0.160. The highest BCUT2D eigenvalue weighted by atomic mass is 16.2. The van der Waals surface area contributed by atoms with Gasteiger partial charge in [-0.15, -0.1) is 0 Å². The Kier molecular flexibility index (Phi) is 6.10. The van der Waals surface area contributed by atoms with Crippen LogP contribution in [0.1, 0.15) is 37.4 Å². The number of carbonyl (C=O) groups excluding carboxylic acids is 4. The number of nitrogens with zero attached hydrogens (tertiary/aromatic N) is 2. The van der Waals surface area contributed by atoms with E-state index in [1.54, 1.807) is 60.6 Å². The first kappa shape index (κ1) is 22.0. The standard InChI is InChI=1S/C25H22N4O4/c1-15-7-10-21(26-12-15)28-23(31)14-29(2)13-22(30)27-16-8-9-19-20(11-16)25(33)18-6-4-3-5-17(18)24(19)32/h3-12H,13-14H2,1-2H3,(H,27,30)(H,26,28,31). The Hall–Kier alpha value is -4.17. The summed E-state index contributed by atoms with van der Waals surface area (Å²) in [5.74, 6) is -0.674. The van der Waals surface area contributed by atoms with E-state index in [9.17, 15) is 19.2 Å². The molecule has 3 aromatic rings. The molecular formula is C25H22N4O4. The zero-order valence-electron chi connectivity index (χ0n) is 18.2. The maximum absolute atomic E-state index is 12.8. The summed E-state index contributed by atoms with van der Waals surface area (Å²) in [6, 6.07) is 14.9. The van der Waals surface area contributed by atoms with Gasteiger partial charge in [0, 0.05) is 34.1 Å². The molecule has 8 heteroatoms. The van der Waals surface area contributed by atoms with Crippen LogP contribution >= 0.6 is 0 Å². The van der Waals surface area contributed by atoms with Crippen LogP contribution in [0.4, 0.5) is 11.5 Å². The highest BCUT2D eigenvalue weighted by molar-refractivity contribution is 6.28. The Labute approximate surface area is 190 Å². The van der Waals surface area contributed by atoms with Gasteiger partial charge in [0.25, 0.3) is 0 Å². The molecule has 4 rings (SSSR count). The highest BCUT2D eigenvalue weighted by Crippen LogP contribution is 2.29. The van der Waals surface area contributed by atoms with Gasteiger partial charge in [-0.2, -0.15) is 0 Å². The van der Waals surface area contributed by atoms with Crippen molar-refractivity contribution in [1.29, 1.82) is 0 Å². The topological polar surface area (TPSA) is 108 Å². The minimum absolute atomic E-state index is 0.00304. The molecular weight excluding hydrogens is 420 g/mol. The predicted octanol–water partition coefficient (Wildman–Crippen LogP) is 2.67. The van der Waals surface area contributed by atoms with Gasteiger partial charge in [-0.05, 0) is 43.8 Å². The molecule has 1 heterocycles. The fourth-order valence-corrected chi connectivity index (χ4v) is 3.65. The van der Waals surface area contributed by atoms with Crippen molar-refractivity contribution in [3.05, 3.63) is 88.6 Å². The van der Waals surface area contributed by atoms with Crippen LogP contribution in [0.25, 0.3) is 0 Å². The van der Waals surface area contributed by atoms with Gasteiger partial charge in [-0.25, -0.2) is 4.98 Å². The summed E-state index contributed by atoms with van der Waals surface area (Å²) >= 11 is 0. The number of fused-ring (bicyclic) bond motifs is 2. The third kappa shape index (κ3) is 4.86. The summed E-state index contributed by atoms with van der Waals surface area (Å²) < 4.78 is 0. The lowest BCUT2D eigenvalue weighted by Crippen LogP contribution is -2.36. The first-order valence-corrected chi connectivity index (χ1v) is 10.3. The SMILES string of the molecule is Cc1ccc(NC(=O)CN(C)CC(=O)Nc2ccc3c(c2)C(=O)c2ccccc2C3=O)nc1. The van der Waals surface area contributed by atoms with E-state index in [4.69, 9.17) is 0 Å². The van der Waals surface area contributed by atoms with E-state index < -0.39 is 0 Å². The lowest BCUT2D eigenvalue weighted by atomic mass is 9.84. The van der Waals surface area contributed by atoms with Gasteiger partial charge in [-0.3, -0.25) is 24.1 Å². The Morgan fingerprint density at radius 2 is 1.42 bits per heavy atom. The minimum Gasteiger partial charge on any atom is -0.325 e. The second-order valence-electron chi connectivity index (χ2n) is 7.95. The molecule has 166 valence electrons. The van der Waals surface area contributed by atoms with Gasteiger partial charge in [0.2, 0.25) is 11.8 Å². The van der Waals surface area contributed by atoms with Crippen molar-refractivity contribution in [3.63, 3.8) is 0 Å². The van der Waals surface area contributed by atoms with Crippen LogP contribution < -0.4 is 10.6 Å². The molecule has 8 nitrogen and oxygen atoms in total. The number of nitrogens with one attached hydrogen (secondary N) is 2. The molecule has 0 spiro atoms. The van der Waals surface area contributed by atoms with Crippen LogP contribution in [-0.2, 0) is 9.59 Å². The van der Waals surface area contributed by atoms with E-state index in [1.807, 2.05) is 13.0 Å². The average Bonchev–Trinajstić information content (AvgIpc) is 2.78. The van der Waals surface area contributed by atoms with E-state index in [0.29, 0.717) is 28.2 Å². The summed E-state index contributed by atoms with van der Waals surface area (Å²) in [6.07, 6.45) is 1.66. The number of hydrogen-bond acceptors (Lipinski definition) is 6. The summed E-state index contributed by atoms with van der Waals surface area (Å²) in [5, 5.41) is 5.40. The molecule has 0 bridgehead atoms. The van der Waals surface area contributed by atoms with E-state index in [2.05, 4.69) is 15.6 Å². The molecule has 0 aliphatic heterocycles. The van der Waals surface area contributed by atoms with Gasteiger partial charge < -0.3 is 10.6 Å². The zero-order chi connectivity index (χ0) is 23.5. The molecule has 1 aliphatic rings. The monoisotopic (exact) mass is 442 g/mol. The number of aromatic nitrogens is 1. The molecule has 33 heavy (non-hydrogen) atoms. The molecule has 2 amide bonds. The number of ketones is 2. The Balaban J connectivity index is 1.37. The molecule has 1 aliphatic carbocycles. The number of rotatable bonds is 6. The molecule has 2 aromatic carbocycles. The fourth-order valence-electron chi connectivity index (χ4n) is 3.65. The molecule has 0 saturated carbocycles. The zero-order valence-corrected chi connectivity index (χ0v) is 18.2. The van der Waals surface area contributed by atoms with Gasteiger partial charge in [-0.1, -0.05) is 30.3 Å². The van der Waals surface area contributed by atoms with Crippen LogP contribution in [0.5, 0.6) is 0 Å². The Bertz CT molecular complexity index is 1270. The van der Waals surface area contributed by atoms with Crippen molar-refractivity contribution < 1.29 is 19.2 Å². The number of pyridine rings is 1. The summed E-state index contributed by atoms with van der Waals surface area (Å²) in [4.78, 5) is 55.9. The third-order valence-corrected chi connectivity index (χ3v) is 5.21. The molecule has 0 saturated heterocycles. The van der Waals surface area contributed by atoms with Crippen molar-refractivity contribution >= 4 is 34.9 Å². The molecule has 0 unspecified atom stereocenters. The van der Waals surface area contributed by atoms with Crippen LogP contribution in [0.2, 0.25) is 0 Å². The first-order chi connectivity index (χ1) is 15.8. The maximum atomic E-state index is 12.8. The van der Waals surface area contributed by atoms with Crippen molar-refractivity contribution in [1.82, 2.24) is 9.88 Å². The second-order valence-corrected chi connectivity index (χ2v) is 7.95. The van der Waals surface area contributed by atoms with Crippen LogP contribution in [-0.4, -0.2) is 53.4 Å². The minimum atomic E-state index is -0.353. The molecule has 0 radical (unpaired) electrons. The smallest absolute Gasteiger partial charge is 0.239 e. The highest BCUT2D eigenvalue weighted by Gasteiger charge is 2.29. The van der Waals surface area contributed by atoms with Crippen molar-refractivity contribution in [2.24, 2.45) is 0 Å². The van der Waals surface area contributed by atoms with E-state index in [1.165, 1.54) is 6.07 Å². The number of anilines is 2. The molecule has 1 aromatic heterocycles. The van der Waals surface area contributed by atoms with Gasteiger partial charge in [0.05, 0.1) is 13.1 Å². The third-order valence-electron chi connectivity index (χ3n) is 5.21. The number of hydrogen-bond donors (Lipinski definition) is 2. The van der Waals surface area contributed by atoms with Crippen molar-refractivity contribution in [2.75, 3.05) is 30.8 Å². The number of benzene rings is 2. The normalized spacial score (nSPS) is 12.2.